The summed E-state index contributed by atoms with van der Waals surface area (Å²) >= 11 is 1.28. The van der Waals surface area contributed by atoms with Gasteiger partial charge in [0.2, 0.25) is 6.79 Å². The molecule has 0 saturated carbocycles. The van der Waals surface area contributed by atoms with Gasteiger partial charge >= 0.3 is 0 Å². The number of amides is 1. The fourth-order valence-electron chi connectivity index (χ4n) is 3.20. The number of ketones is 1. The molecule has 136 valence electrons. The number of benzene rings is 1. The van der Waals surface area contributed by atoms with Gasteiger partial charge in [0.05, 0.1) is 9.75 Å². The van der Waals surface area contributed by atoms with Crippen LogP contribution in [-0.4, -0.2) is 54.5 Å². The average Bonchev–Trinajstić information content (AvgIpc) is 3.31. The second-order valence-electron chi connectivity index (χ2n) is 6.48. The monoisotopic (exact) mass is 372 g/mol. The van der Waals surface area contributed by atoms with Crippen molar-refractivity contribution in [2.24, 2.45) is 0 Å². The molecule has 0 spiro atoms. The van der Waals surface area contributed by atoms with E-state index in [9.17, 15) is 9.59 Å². The van der Waals surface area contributed by atoms with Crippen molar-refractivity contribution < 1.29 is 19.1 Å². The van der Waals surface area contributed by atoms with E-state index in [4.69, 9.17) is 9.47 Å². The molecular formula is C19H20N2O4S. The van der Waals surface area contributed by atoms with Gasteiger partial charge in [0.25, 0.3) is 5.91 Å². The SMILES string of the molecule is CC(=O)c1ccc(C(=O)N2CCN(Cc3ccc4c(c3)OCO4)CC2)s1. The lowest BCUT2D eigenvalue weighted by atomic mass is 10.1. The van der Waals surface area contributed by atoms with Crippen molar-refractivity contribution in [2.75, 3.05) is 33.0 Å². The summed E-state index contributed by atoms with van der Waals surface area (Å²) in [6, 6.07) is 9.51. The smallest absolute Gasteiger partial charge is 0.264 e. The molecule has 1 fully saturated rings. The molecule has 2 aliphatic heterocycles. The van der Waals surface area contributed by atoms with Crippen LogP contribution in [0.4, 0.5) is 0 Å². The molecule has 2 aliphatic rings. The Morgan fingerprint density at radius 2 is 1.73 bits per heavy atom. The molecular weight excluding hydrogens is 352 g/mol. The summed E-state index contributed by atoms with van der Waals surface area (Å²) < 4.78 is 10.8. The van der Waals surface area contributed by atoms with E-state index in [2.05, 4.69) is 11.0 Å². The summed E-state index contributed by atoms with van der Waals surface area (Å²) in [5.41, 5.74) is 1.18. The van der Waals surface area contributed by atoms with E-state index < -0.39 is 0 Å². The van der Waals surface area contributed by atoms with Gasteiger partial charge in [-0.25, -0.2) is 0 Å². The third-order valence-electron chi connectivity index (χ3n) is 4.67. The summed E-state index contributed by atoms with van der Waals surface area (Å²) in [6.07, 6.45) is 0. The van der Waals surface area contributed by atoms with E-state index in [1.165, 1.54) is 23.8 Å². The predicted molar refractivity (Wildman–Crippen MR) is 98.1 cm³/mol. The molecule has 0 N–H and O–H groups in total. The van der Waals surface area contributed by atoms with E-state index >= 15 is 0 Å². The molecule has 0 bridgehead atoms. The number of ether oxygens (including phenoxy) is 2. The van der Waals surface area contributed by atoms with Crippen molar-refractivity contribution >= 4 is 23.0 Å². The highest BCUT2D eigenvalue weighted by molar-refractivity contribution is 7.15. The number of carbonyl (C=O) groups is 2. The zero-order valence-electron chi connectivity index (χ0n) is 14.6. The van der Waals surface area contributed by atoms with Gasteiger partial charge in [-0.3, -0.25) is 14.5 Å². The lowest BCUT2D eigenvalue weighted by molar-refractivity contribution is 0.0633. The summed E-state index contributed by atoms with van der Waals surface area (Å²) in [7, 11) is 0. The second-order valence-corrected chi connectivity index (χ2v) is 7.56. The lowest BCUT2D eigenvalue weighted by Gasteiger charge is -2.34. The highest BCUT2D eigenvalue weighted by Gasteiger charge is 2.24. The molecule has 1 aromatic carbocycles. The first-order valence-electron chi connectivity index (χ1n) is 8.61. The van der Waals surface area contributed by atoms with Gasteiger partial charge < -0.3 is 14.4 Å². The van der Waals surface area contributed by atoms with E-state index in [0.29, 0.717) is 22.8 Å². The quantitative estimate of drug-likeness (QED) is 0.772. The standard InChI is InChI=1S/C19H20N2O4S/c1-13(22)17-4-5-18(26-17)19(23)21-8-6-20(7-9-21)11-14-2-3-15-16(10-14)25-12-24-15/h2-5,10H,6-9,11-12H2,1H3. The summed E-state index contributed by atoms with van der Waals surface area (Å²) in [5.74, 6) is 1.62. The van der Waals surface area contributed by atoms with Gasteiger partial charge in [-0.1, -0.05) is 6.07 Å². The van der Waals surface area contributed by atoms with E-state index in [1.54, 1.807) is 12.1 Å². The Bertz CT molecular complexity index is 840. The molecule has 7 heteroatoms. The van der Waals surface area contributed by atoms with Crippen LogP contribution in [0.3, 0.4) is 0 Å². The maximum absolute atomic E-state index is 12.6. The predicted octanol–water partition coefficient (Wildman–Crippen LogP) is 2.64. The van der Waals surface area contributed by atoms with Crippen molar-refractivity contribution in [2.45, 2.75) is 13.5 Å². The maximum atomic E-state index is 12.6. The van der Waals surface area contributed by atoms with Crippen molar-refractivity contribution in [3.63, 3.8) is 0 Å². The first kappa shape index (κ1) is 17.1. The number of fused-ring (bicyclic) bond motifs is 1. The minimum absolute atomic E-state index is 0.00240. The molecule has 0 aliphatic carbocycles. The van der Waals surface area contributed by atoms with Crippen LogP contribution in [0.15, 0.2) is 30.3 Å². The maximum Gasteiger partial charge on any atom is 0.264 e. The molecule has 6 nitrogen and oxygen atoms in total. The van der Waals surface area contributed by atoms with E-state index in [-0.39, 0.29) is 18.5 Å². The number of carbonyl (C=O) groups excluding carboxylic acids is 2. The number of hydrogen-bond acceptors (Lipinski definition) is 6. The van der Waals surface area contributed by atoms with Crippen LogP contribution in [0.2, 0.25) is 0 Å². The van der Waals surface area contributed by atoms with Gasteiger partial charge in [0.1, 0.15) is 0 Å². The number of piperazine rings is 1. The Kier molecular flexibility index (Phi) is 4.65. The van der Waals surface area contributed by atoms with Crippen LogP contribution in [-0.2, 0) is 6.54 Å². The number of Topliss-reactive ketones (excluding diaryl/α,β-unsaturated/α-hetero) is 1. The number of rotatable bonds is 4. The third kappa shape index (κ3) is 3.45. The first-order valence-corrected chi connectivity index (χ1v) is 9.43. The van der Waals surface area contributed by atoms with Gasteiger partial charge in [0, 0.05) is 32.7 Å². The Morgan fingerprint density at radius 3 is 2.46 bits per heavy atom. The second kappa shape index (κ2) is 7.09. The van der Waals surface area contributed by atoms with Crippen LogP contribution in [0.25, 0.3) is 0 Å². The highest BCUT2D eigenvalue weighted by Crippen LogP contribution is 2.32. The van der Waals surface area contributed by atoms with Crippen molar-refractivity contribution in [1.82, 2.24) is 9.80 Å². The van der Waals surface area contributed by atoms with Crippen LogP contribution in [0, 0.1) is 0 Å². The molecule has 1 saturated heterocycles. The summed E-state index contributed by atoms with van der Waals surface area (Å²) in [5, 5.41) is 0. The third-order valence-corrected chi connectivity index (χ3v) is 5.84. The van der Waals surface area contributed by atoms with Crippen LogP contribution in [0.1, 0.15) is 31.8 Å². The molecule has 0 radical (unpaired) electrons. The van der Waals surface area contributed by atoms with Crippen LogP contribution < -0.4 is 9.47 Å². The Hall–Kier alpha value is -2.38. The minimum Gasteiger partial charge on any atom is -0.454 e. The van der Waals surface area contributed by atoms with Gasteiger partial charge in [0.15, 0.2) is 17.3 Å². The molecule has 1 aromatic heterocycles. The zero-order valence-corrected chi connectivity index (χ0v) is 15.4. The molecule has 1 amide bonds. The molecule has 3 heterocycles. The van der Waals surface area contributed by atoms with Gasteiger partial charge in [-0.2, -0.15) is 0 Å². The van der Waals surface area contributed by atoms with Crippen LogP contribution in [0.5, 0.6) is 11.5 Å². The Labute approximate surface area is 155 Å². The fourth-order valence-corrected chi connectivity index (χ4v) is 4.07. The number of hydrogen-bond donors (Lipinski definition) is 0. The fraction of sp³-hybridized carbons (Fsp3) is 0.368. The van der Waals surface area contributed by atoms with Crippen molar-refractivity contribution in [3.05, 3.63) is 45.6 Å². The number of nitrogens with zero attached hydrogens (tertiary/aromatic N) is 2. The van der Waals surface area contributed by atoms with Crippen molar-refractivity contribution in [3.8, 4) is 11.5 Å². The Balaban J connectivity index is 1.33. The van der Waals surface area contributed by atoms with Gasteiger partial charge in [-0.05, 0) is 36.8 Å². The minimum atomic E-state index is 0.00240. The number of thiophene rings is 1. The highest BCUT2D eigenvalue weighted by atomic mass is 32.1. The molecule has 2 aromatic rings. The van der Waals surface area contributed by atoms with Gasteiger partial charge in [-0.15, -0.1) is 11.3 Å². The largest absolute Gasteiger partial charge is 0.454 e. The van der Waals surface area contributed by atoms with Crippen molar-refractivity contribution in [1.29, 1.82) is 0 Å². The molecule has 4 rings (SSSR count). The first-order chi connectivity index (χ1) is 12.6. The summed E-state index contributed by atoms with van der Waals surface area (Å²) in [6.45, 7) is 5.67. The summed E-state index contributed by atoms with van der Waals surface area (Å²) in [4.78, 5) is 29.5. The normalized spacial score (nSPS) is 16.7. The molecule has 0 atom stereocenters. The Morgan fingerprint density at radius 1 is 1.00 bits per heavy atom. The lowest BCUT2D eigenvalue weighted by Crippen LogP contribution is -2.48. The van der Waals surface area contributed by atoms with E-state index in [1.807, 2.05) is 17.0 Å². The molecule has 0 unspecified atom stereocenters. The van der Waals surface area contributed by atoms with E-state index in [0.717, 1.165) is 31.1 Å². The van der Waals surface area contributed by atoms with Crippen LogP contribution >= 0.6 is 11.3 Å². The topological polar surface area (TPSA) is 59.1 Å². The molecule has 26 heavy (non-hydrogen) atoms. The zero-order chi connectivity index (χ0) is 18.1. The average molecular weight is 372 g/mol.